The van der Waals surface area contributed by atoms with E-state index in [0.29, 0.717) is 5.56 Å². The van der Waals surface area contributed by atoms with E-state index in [0.717, 1.165) is 6.20 Å². The quantitative estimate of drug-likeness (QED) is 0.491. The molecule has 11 heteroatoms. The molecular weight excluding hydrogens is 379 g/mol. The number of carbonyl (C=O) groups is 1. The van der Waals surface area contributed by atoms with E-state index in [4.69, 9.17) is 11.6 Å². The molecule has 0 aliphatic rings. The average Bonchev–Trinajstić information content (AvgIpc) is 3.22. The minimum atomic E-state index is -0.564. The van der Waals surface area contributed by atoms with E-state index in [1.165, 1.54) is 27.8 Å². The van der Waals surface area contributed by atoms with Crippen molar-refractivity contribution in [2.45, 2.75) is 19.5 Å². The van der Waals surface area contributed by atoms with Crippen molar-refractivity contribution >= 4 is 29.0 Å². The molecule has 0 bridgehead atoms. The Balaban J connectivity index is 1.58. The minimum Gasteiger partial charge on any atom is -0.308 e. The van der Waals surface area contributed by atoms with Gasteiger partial charge < -0.3 is 5.32 Å². The van der Waals surface area contributed by atoms with Crippen LogP contribution in [-0.4, -0.2) is 30.4 Å². The number of nitrogens with one attached hydrogen (secondary N) is 1. The second-order valence-corrected chi connectivity index (χ2v) is 6.04. The number of benzene rings is 1. The van der Waals surface area contributed by atoms with Crippen LogP contribution in [0.2, 0.25) is 5.02 Å². The molecule has 0 spiro atoms. The first kappa shape index (κ1) is 18.5. The molecule has 3 rings (SSSR count). The topological polar surface area (TPSA) is 108 Å². The van der Waals surface area contributed by atoms with E-state index >= 15 is 0 Å². The summed E-state index contributed by atoms with van der Waals surface area (Å²) in [4.78, 5) is 22.1. The fourth-order valence-electron chi connectivity index (χ4n) is 2.34. The summed E-state index contributed by atoms with van der Waals surface area (Å²) in [6.45, 7) is 0.326. The maximum Gasteiger partial charge on any atom is 0.306 e. The van der Waals surface area contributed by atoms with E-state index < -0.39 is 4.92 Å². The van der Waals surface area contributed by atoms with Crippen LogP contribution in [0, 0.1) is 15.9 Å². The van der Waals surface area contributed by atoms with Crippen molar-refractivity contribution in [3.8, 4) is 0 Å². The Labute approximate surface area is 157 Å². The molecule has 27 heavy (non-hydrogen) atoms. The number of carbonyl (C=O) groups excluding carboxylic acids is 1. The molecule has 0 atom stereocenters. The number of halogens is 2. The molecule has 9 nitrogen and oxygen atoms in total. The van der Waals surface area contributed by atoms with Gasteiger partial charge in [0.1, 0.15) is 23.2 Å². The van der Waals surface area contributed by atoms with Crippen LogP contribution in [-0.2, 0) is 17.9 Å². The van der Waals surface area contributed by atoms with Crippen LogP contribution in [0.15, 0.2) is 42.9 Å². The number of aromatic nitrogens is 4. The first-order valence-corrected chi connectivity index (χ1v) is 8.23. The Hall–Kier alpha value is -3.27. The molecule has 0 saturated carbocycles. The number of amides is 1. The summed E-state index contributed by atoms with van der Waals surface area (Å²) in [6.07, 6.45) is 3.86. The number of rotatable bonds is 7. The minimum absolute atomic E-state index is 0.0232. The van der Waals surface area contributed by atoms with E-state index in [1.54, 1.807) is 18.2 Å². The zero-order valence-corrected chi connectivity index (χ0v) is 14.6. The highest BCUT2D eigenvalue weighted by atomic mass is 35.5. The summed E-state index contributed by atoms with van der Waals surface area (Å²) in [6, 6.07) is 6.29. The van der Waals surface area contributed by atoms with Crippen molar-refractivity contribution in [1.82, 2.24) is 19.6 Å². The standard InChI is InChI=1S/C16H14ClFN6O3/c17-13-10-23(8-11-3-1-2-4-14(11)18)21-16(13)20-15(25)5-6-22-9-12(7-19-22)24(26)27/h1-4,7,9-10H,5-6,8H2,(H,20,21,25). The van der Waals surface area contributed by atoms with Gasteiger partial charge in [-0.1, -0.05) is 29.8 Å². The van der Waals surface area contributed by atoms with Gasteiger partial charge in [0.05, 0.1) is 11.5 Å². The van der Waals surface area contributed by atoms with Crippen molar-refractivity contribution in [3.63, 3.8) is 0 Å². The zero-order chi connectivity index (χ0) is 19.4. The lowest BCUT2D eigenvalue weighted by Crippen LogP contribution is -2.15. The number of nitrogens with zero attached hydrogens (tertiary/aromatic N) is 5. The fraction of sp³-hybridized carbons (Fsp3) is 0.188. The second-order valence-electron chi connectivity index (χ2n) is 5.63. The van der Waals surface area contributed by atoms with Crippen LogP contribution in [0.1, 0.15) is 12.0 Å². The SMILES string of the molecule is O=C(CCn1cc([N+](=O)[O-])cn1)Nc1nn(Cc2ccccc2F)cc1Cl. The normalized spacial score (nSPS) is 10.7. The van der Waals surface area contributed by atoms with Gasteiger partial charge in [-0.05, 0) is 6.07 Å². The average molecular weight is 393 g/mol. The molecule has 3 aromatic rings. The van der Waals surface area contributed by atoms with Gasteiger partial charge in [0, 0.05) is 24.7 Å². The summed E-state index contributed by atoms with van der Waals surface area (Å²) in [5.41, 5.74) is 0.292. The lowest BCUT2D eigenvalue weighted by atomic mass is 10.2. The van der Waals surface area contributed by atoms with Gasteiger partial charge in [-0.15, -0.1) is 0 Å². The van der Waals surface area contributed by atoms with Crippen LogP contribution in [0.4, 0.5) is 15.9 Å². The summed E-state index contributed by atoms with van der Waals surface area (Å²) < 4.78 is 16.4. The molecule has 2 aromatic heterocycles. The number of nitro groups is 1. The highest BCUT2D eigenvalue weighted by Crippen LogP contribution is 2.21. The van der Waals surface area contributed by atoms with E-state index in [1.807, 2.05) is 0 Å². The Morgan fingerprint density at radius 2 is 2.07 bits per heavy atom. The van der Waals surface area contributed by atoms with Gasteiger partial charge in [-0.2, -0.15) is 10.2 Å². The highest BCUT2D eigenvalue weighted by Gasteiger charge is 2.13. The van der Waals surface area contributed by atoms with Crippen molar-refractivity contribution in [2.75, 3.05) is 5.32 Å². The number of aryl methyl sites for hydroxylation is 1. The molecule has 1 aromatic carbocycles. The Kier molecular flexibility index (Phi) is 5.46. The molecule has 0 fully saturated rings. The van der Waals surface area contributed by atoms with Gasteiger partial charge in [0.2, 0.25) is 5.91 Å². The molecule has 140 valence electrons. The van der Waals surface area contributed by atoms with E-state index in [2.05, 4.69) is 15.5 Å². The predicted octanol–water partition coefficient (Wildman–Crippen LogP) is 2.86. The summed E-state index contributed by atoms with van der Waals surface area (Å²) >= 11 is 6.07. The van der Waals surface area contributed by atoms with Crippen LogP contribution >= 0.6 is 11.6 Å². The van der Waals surface area contributed by atoms with Gasteiger partial charge in [-0.3, -0.25) is 24.3 Å². The van der Waals surface area contributed by atoms with Crippen molar-refractivity contribution in [1.29, 1.82) is 0 Å². The van der Waals surface area contributed by atoms with Crippen LogP contribution < -0.4 is 5.32 Å². The third-order valence-electron chi connectivity index (χ3n) is 3.66. The Morgan fingerprint density at radius 1 is 1.30 bits per heavy atom. The smallest absolute Gasteiger partial charge is 0.306 e. The molecule has 1 N–H and O–H groups in total. The van der Waals surface area contributed by atoms with Gasteiger partial charge >= 0.3 is 5.69 Å². The Bertz CT molecular complexity index is 986. The van der Waals surface area contributed by atoms with Crippen LogP contribution in [0.5, 0.6) is 0 Å². The Morgan fingerprint density at radius 3 is 2.78 bits per heavy atom. The third-order valence-corrected chi connectivity index (χ3v) is 3.94. The monoisotopic (exact) mass is 392 g/mol. The maximum absolute atomic E-state index is 13.7. The van der Waals surface area contributed by atoms with Crippen LogP contribution in [0.25, 0.3) is 0 Å². The second kappa shape index (κ2) is 7.96. The first-order chi connectivity index (χ1) is 12.9. The van der Waals surface area contributed by atoms with Crippen molar-refractivity contribution < 1.29 is 14.1 Å². The number of hydrogen-bond donors (Lipinski definition) is 1. The number of hydrogen-bond acceptors (Lipinski definition) is 5. The van der Waals surface area contributed by atoms with Gasteiger partial charge in [-0.25, -0.2) is 4.39 Å². The molecule has 1 amide bonds. The molecule has 0 radical (unpaired) electrons. The summed E-state index contributed by atoms with van der Waals surface area (Å²) in [7, 11) is 0. The highest BCUT2D eigenvalue weighted by molar-refractivity contribution is 6.33. The van der Waals surface area contributed by atoms with E-state index in [9.17, 15) is 19.3 Å². The molecule has 0 unspecified atom stereocenters. The summed E-state index contributed by atoms with van der Waals surface area (Å²) in [5, 5.41) is 21.3. The number of anilines is 1. The third kappa shape index (κ3) is 4.67. The van der Waals surface area contributed by atoms with Crippen LogP contribution in [0.3, 0.4) is 0 Å². The van der Waals surface area contributed by atoms with Gasteiger partial charge in [0.25, 0.3) is 0 Å². The maximum atomic E-state index is 13.7. The molecule has 0 aliphatic carbocycles. The zero-order valence-electron chi connectivity index (χ0n) is 13.9. The predicted molar refractivity (Wildman–Crippen MR) is 94.9 cm³/mol. The summed E-state index contributed by atoms with van der Waals surface area (Å²) in [5.74, 6) is -0.585. The molecule has 2 heterocycles. The van der Waals surface area contributed by atoms with Crippen molar-refractivity contribution in [3.05, 3.63) is 69.4 Å². The van der Waals surface area contributed by atoms with E-state index in [-0.39, 0.29) is 47.8 Å². The molecule has 0 aliphatic heterocycles. The lowest BCUT2D eigenvalue weighted by Gasteiger charge is -2.04. The fourth-order valence-corrected chi connectivity index (χ4v) is 2.54. The largest absolute Gasteiger partial charge is 0.308 e. The lowest BCUT2D eigenvalue weighted by molar-refractivity contribution is -0.385. The molecular formula is C16H14ClFN6O3. The van der Waals surface area contributed by atoms with Gasteiger partial charge in [0.15, 0.2) is 5.82 Å². The first-order valence-electron chi connectivity index (χ1n) is 7.85. The van der Waals surface area contributed by atoms with Crippen molar-refractivity contribution in [2.24, 2.45) is 0 Å². The molecule has 0 saturated heterocycles.